The van der Waals surface area contributed by atoms with Gasteiger partial charge in [-0.2, -0.15) is 17.7 Å². The quantitative estimate of drug-likeness (QED) is 0.817. The molecule has 1 heterocycles. The van der Waals surface area contributed by atoms with Crippen LogP contribution in [0.2, 0.25) is 0 Å². The van der Waals surface area contributed by atoms with Gasteiger partial charge in [-0.3, -0.25) is 4.68 Å². The highest BCUT2D eigenvalue weighted by molar-refractivity contribution is 7.79. The number of benzene rings is 1. The van der Waals surface area contributed by atoms with Crippen LogP contribution in [0.15, 0.2) is 24.4 Å². The van der Waals surface area contributed by atoms with Gasteiger partial charge in [0.25, 0.3) is 0 Å². The number of aromatic nitrogens is 2. The lowest BCUT2D eigenvalue weighted by Gasteiger charge is -2.16. The molecule has 1 aliphatic carbocycles. The number of aryl methyl sites for hydroxylation is 3. The molecular weight excluding hydrogens is 240 g/mol. The van der Waals surface area contributed by atoms with Crippen LogP contribution >= 0.6 is 12.6 Å². The summed E-state index contributed by atoms with van der Waals surface area (Å²) in [6.07, 6.45) is 7.15. The highest BCUT2D eigenvalue weighted by Crippen LogP contribution is 2.28. The number of fused-ring (bicyclic) bond motifs is 1. The largest absolute Gasteiger partial charge is 0.275 e. The Hall–Kier alpha value is -1.22. The molecule has 18 heavy (non-hydrogen) atoms. The molecule has 0 aliphatic heterocycles. The van der Waals surface area contributed by atoms with Crippen molar-refractivity contribution in [2.24, 2.45) is 7.05 Å². The molecule has 1 aromatic heterocycles. The summed E-state index contributed by atoms with van der Waals surface area (Å²) in [5, 5.41) is 4.57. The highest BCUT2D eigenvalue weighted by Gasteiger charge is 2.13. The van der Waals surface area contributed by atoms with Gasteiger partial charge in [-0.25, -0.2) is 0 Å². The summed E-state index contributed by atoms with van der Waals surface area (Å²) in [7, 11) is 1.97. The van der Waals surface area contributed by atoms with Crippen molar-refractivity contribution < 1.29 is 0 Å². The summed E-state index contributed by atoms with van der Waals surface area (Å²) in [6.45, 7) is 0. The second kappa shape index (κ2) is 4.81. The minimum absolute atomic E-state index is 0.736. The number of thiol groups is 1. The molecule has 0 saturated carbocycles. The predicted octanol–water partition coefficient (Wildman–Crippen LogP) is 3.40. The summed E-state index contributed by atoms with van der Waals surface area (Å²) in [6, 6.07) is 6.81. The van der Waals surface area contributed by atoms with Gasteiger partial charge in [0, 0.05) is 30.1 Å². The molecule has 0 radical (unpaired) electrons. The molecule has 3 rings (SSSR count). The first-order valence-corrected chi connectivity index (χ1v) is 7.17. The van der Waals surface area contributed by atoms with Crippen LogP contribution in [0.3, 0.4) is 0 Å². The Balaban J connectivity index is 2.06. The Morgan fingerprint density at radius 3 is 2.78 bits per heavy atom. The fourth-order valence-electron chi connectivity index (χ4n) is 2.78. The van der Waals surface area contributed by atoms with E-state index in [9.17, 15) is 0 Å². The van der Waals surface area contributed by atoms with Crippen LogP contribution in [-0.2, 0) is 25.6 Å². The monoisotopic (exact) mass is 258 g/mol. The van der Waals surface area contributed by atoms with Gasteiger partial charge in [-0.15, -0.1) is 0 Å². The van der Waals surface area contributed by atoms with Crippen LogP contribution < -0.4 is 0 Å². The molecule has 0 fully saturated rings. The lowest BCUT2D eigenvalue weighted by Crippen LogP contribution is -2.02. The maximum atomic E-state index is 4.57. The number of hydrogen-bond donors (Lipinski definition) is 1. The van der Waals surface area contributed by atoms with Gasteiger partial charge >= 0.3 is 0 Å². The van der Waals surface area contributed by atoms with Gasteiger partial charge in [0.05, 0.1) is 5.69 Å². The molecule has 0 spiro atoms. The van der Waals surface area contributed by atoms with Crippen LogP contribution in [0, 0.1) is 0 Å². The summed E-state index contributed by atoms with van der Waals surface area (Å²) >= 11 is 4.39. The van der Waals surface area contributed by atoms with E-state index in [0.29, 0.717) is 0 Å². The van der Waals surface area contributed by atoms with E-state index >= 15 is 0 Å². The van der Waals surface area contributed by atoms with E-state index in [0.717, 1.165) is 11.4 Å². The van der Waals surface area contributed by atoms with Crippen molar-refractivity contribution in [2.75, 3.05) is 0 Å². The lowest BCUT2D eigenvalue weighted by atomic mass is 9.89. The van der Waals surface area contributed by atoms with Crippen molar-refractivity contribution in [1.82, 2.24) is 9.78 Å². The maximum Gasteiger partial charge on any atom is 0.0963 e. The standard InChI is InChI=1S/C15H18N2S/c1-17-9-14(10-18)15(16-17)13-7-6-11-4-2-3-5-12(11)8-13/h6-9,18H,2-5,10H2,1H3. The van der Waals surface area contributed by atoms with Crippen molar-refractivity contribution in [1.29, 1.82) is 0 Å². The maximum absolute atomic E-state index is 4.57. The van der Waals surface area contributed by atoms with Crippen LogP contribution in [0.4, 0.5) is 0 Å². The van der Waals surface area contributed by atoms with Gasteiger partial charge in [-0.05, 0) is 42.9 Å². The normalized spacial score (nSPS) is 14.6. The Morgan fingerprint density at radius 2 is 2.00 bits per heavy atom. The zero-order valence-corrected chi connectivity index (χ0v) is 11.6. The van der Waals surface area contributed by atoms with Crippen LogP contribution in [0.1, 0.15) is 29.5 Å². The van der Waals surface area contributed by atoms with Gasteiger partial charge in [0.15, 0.2) is 0 Å². The molecule has 1 aliphatic rings. The summed E-state index contributed by atoms with van der Waals surface area (Å²) < 4.78 is 1.88. The third kappa shape index (κ3) is 2.07. The molecule has 1 aromatic carbocycles. The first-order chi connectivity index (χ1) is 8.78. The lowest BCUT2D eigenvalue weighted by molar-refractivity contribution is 0.686. The molecule has 94 valence electrons. The van der Waals surface area contributed by atoms with Crippen molar-refractivity contribution in [2.45, 2.75) is 31.4 Å². The number of nitrogens with zero attached hydrogens (tertiary/aromatic N) is 2. The van der Waals surface area contributed by atoms with Crippen molar-refractivity contribution >= 4 is 12.6 Å². The third-order valence-corrected chi connectivity index (χ3v) is 4.04. The van der Waals surface area contributed by atoms with Crippen LogP contribution in [0.5, 0.6) is 0 Å². The summed E-state index contributed by atoms with van der Waals surface area (Å²) in [5.41, 5.74) is 6.56. The van der Waals surface area contributed by atoms with Crippen molar-refractivity contribution in [3.05, 3.63) is 41.1 Å². The van der Waals surface area contributed by atoms with Gasteiger partial charge in [0.2, 0.25) is 0 Å². The SMILES string of the molecule is Cn1cc(CS)c(-c2ccc3c(c2)CCCC3)n1. The predicted molar refractivity (Wildman–Crippen MR) is 78.0 cm³/mol. The Kier molecular flexibility index (Phi) is 3.16. The van der Waals surface area contributed by atoms with Gasteiger partial charge in [-0.1, -0.05) is 12.1 Å². The van der Waals surface area contributed by atoms with E-state index in [2.05, 4.69) is 42.1 Å². The molecule has 0 N–H and O–H groups in total. The van der Waals surface area contributed by atoms with Crippen molar-refractivity contribution in [3.8, 4) is 11.3 Å². The molecule has 0 unspecified atom stereocenters. The first kappa shape index (κ1) is 11.8. The average Bonchev–Trinajstić information content (AvgIpc) is 2.79. The summed E-state index contributed by atoms with van der Waals surface area (Å²) in [5.74, 6) is 0.736. The zero-order chi connectivity index (χ0) is 12.5. The van der Waals surface area contributed by atoms with E-state index in [1.807, 2.05) is 11.7 Å². The third-order valence-electron chi connectivity index (χ3n) is 3.70. The minimum Gasteiger partial charge on any atom is -0.275 e. The molecule has 0 bridgehead atoms. The molecular formula is C15H18N2S. The average molecular weight is 258 g/mol. The summed E-state index contributed by atoms with van der Waals surface area (Å²) in [4.78, 5) is 0. The molecule has 0 saturated heterocycles. The second-order valence-corrected chi connectivity index (χ2v) is 5.34. The van der Waals surface area contributed by atoms with Gasteiger partial charge in [0.1, 0.15) is 0 Å². The Morgan fingerprint density at radius 1 is 1.22 bits per heavy atom. The number of rotatable bonds is 2. The fraction of sp³-hybridized carbons (Fsp3) is 0.400. The second-order valence-electron chi connectivity index (χ2n) is 5.03. The topological polar surface area (TPSA) is 17.8 Å². The van der Waals surface area contributed by atoms with E-state index in [-0.39, 0.29) is 0 Å². The molecule has 0 atom stereocenters. The first-order valence-electron chi connectivity index (χ1n) is 6.53. The fourth-order valence-corrected chi connectivity index (χ4v) is 3.01. The van der Waals surface area contributed by atoms with Crippen molar-refractivity contribution in [3.63, 3.8) is 0 Å². The van der Waals surface area contributed by atoms with E-state index < -0.39 is 0 Å². The molecule has 0 amide bonds. The Bertz CT molecular complexity index is 572. The van der Waals surface area contributed by atoms with E-state index in [1.165, 1.54) is 47.9 Å². The minimum atomic E-state index is 0.736. The molecule has 2 aromatic rings. The van der Waals surface area contributed by atoms with Crippen LogP contribution in [0.25, 0.3) is 11.3 Å². The molecule has 2 nitrogen and oxygen atoms in total. The van der Waals surface area contributed by atoms with Gasteiger partial charge < -0.3 is 0 Å². The highest BCUT2D eigenvalue weighted by atomic mass is 32.1. The number of hydrogen-bond acceptors (Lipinski definition) is 2. The molecule has 3 heteroatoms. The smallest absolute Gasteiger partial charge is 0.0963 e. The van der Waals surface area contributed by atoms with E-state index in [1.54, 1.807) is 0 Å². The van der Waals surface area contributed by atoms with Crippen LogP contribution in [-0.4, -0.2) is 9.78 Å². The Labute approximate surface area is 113 Å². The van der Waals surface area contributed by atoms with E-state index in [4.69, 9.17) is 0 Å². The zero-order valence-electron chi connectivity index (χ0n) is 10.7.